The lowest BCUT2D eigenvalue weighted by molar-refractivity contribution is -0.130. The highest BCUT2D eigenvalue weighted by molar-refractivity contribution is 5.96. The Labute approximate surface area is 404 Å². The van der Waals surface area contributed by atoms with Crippen LogP contribution in [-0.4, -0.2) is 144 Å². The Bertz CT molecular complexity index is 2410. The first-order chi connectivity index (χ1) is 33.5. The number of carboxylic acids is 2. The van der Waals surface area contributed by atoms with Crippen molar-refractivity contribution in [3.8, 4) is 0 Å². The van der Waals surface area contributed by atoms with E-state index < -0.39 is 18.0 Å². The van der Waals surface area contributed by atoms with Gasteiger partial charge in [0.2, 0.25) is 5.91 Å². The third-order valence-electron chi connectivity index (χ3n) is 12.8. The number of nitrogens with zero attached hydrogens (tertiary/aromatic N) is 5. The van der Waals surface area contributed by atoms with E-state index in [4.69, 9.17) is 18.9 Å². The third-order valence-corrected chi connectivity index (χ3v) is 12.8. The van der Waals surface area contributed by atoms with Crippen molar-refractivity contribution >= 4 is 29.8 Å². The summed E-state index contributed by atoms with van der Waals surface area (Å²) >= 11 is 0. The Morgan fingerprint density at radius 3 is 2.07 bits per heavy atom. The highest BCUT2D eigenvalue weighted by Crippen LogP contribution is 2.38. The molecule has 0 saturated carbocycles. The predicted octanol–water partition coefficient (Wildman–Crippen LogP) is 5.96. The topological polar surface area (TPSA) is 193 Å². The molecule has 2 aliphatic heterocycles. The second-order valence-electron chi connectivity index (χ2n) is 17.6. The van der Waals surface area contributed by atoms with Gasteiger partial charge >= 0.3 is 11.9 Å². The van der Waals surface area contributed by atoms with E-state index in [9.17, 15) is 29.4 Å². The molecular formula is C53H64N6O10. The van der Waals surface area contributed by atoms with Gasteiger partial charge in [0.05, 0.1) is 76.8 Å². The van der Waals surface area contributed by atoms with Gasteiger partial charge in [0.25, 0.3) is 5.91 Å². The number of amides is 2. The molecule has 69 heavy (non-hydrogen) atoms. The summed E-state index contributed by atoms with van der Waals surface area (Å²) in [6.07, 6.45) is 15.1. The normalized spacial score (nSPS) is 22.4. The van der Waals surface area contributed by atoms with Crippen LogP contribution in [0.15, 0.2) is 114 Å². The first-order valence-electron chi connectivity index (χ1n) is 23.9. The number of hydrogen-bond donors (Lipinski definition) is 3. The number of aromatic carboxylic acids is 2. The highest BCUT2D eigenvalue weighted by Gasteiger charge is 2.35. The van der Waals surface area contributed by atoms with Crippen molar-refractivity contribution in [1.29, 1.82) is 0 Å². The number of rotatable bonds is 11. The van der Waals surface area contributed by atoms with E-state index in [1.54, 1.807) is 24.3 Å². The minimum Gasteiger partial charge on any atom is -0.477 e. The number of ether oxygens (including phenoxy) is 4. The van der Waals surface area contributed by atoms with Crippen molar-refractivity contribution < 1.29 is 48.3 Å². The number of nitrogens with one attached hydrogen (secondary N) is 1. The standard InChI is InChI=1S/C53H64N6O10/c1-37-8-5-11-40-17-16-39-9-3-4-10-42(39)35-59(49(37)40)48(60)20-21-54-51(61)41-18-19-44(38(2)34-41)50(45-13-7-15-47(56-45)53(64)65)58-24-28-68-32-30-66-26-22-57(23-27-67-31-33-69-29-25-58)36-43-12-6-14-46(55-43)52(62)63/h3-7,9-19,34,37-38,44,50H,8,20-33,35-36H2,1-2H3,(H,54,61)(H,62,63)(H,64,65)/b17-16-. The van der Waals surface area contributed by atoms with Crippen LogP contribution < -0.4 is 5.32 Å². The Balaban J connectivity index is 0.987. The van der Waals surface area contributed by atoms with E-state index in [1.807, 2.05) is 42.2 Å². The number of carbonyl (C=O) groups is 4. The van der Waals surface area contributed by atoms with E-state index in [-0.39, 0.29) is 53.9 Å². The zero-order chi connectivity index (χ0) is 48.5. The fourth-order valence-corrected chi connectivity index (χ4v) is 9.18. The van der Waals surface area contributed by atoms with Gasteiger partial charge in [0.1, 0.15) is 11.4 Å². The number of aromatic nitrogens is 2. The molecule has 3 N–H and O–H groups in total. The quantitative estimate of drug-likeness (QED) is 0.204. The van der Waals surface area contributed by atoms with Crippen molar-refractivity contribution in [2.45, 2.75) is 45.8 Å². The Morgan fingerprint density at radius 1 is 0.739 bits per heavy atom. The summed E-state index contributed by atoms with van der Waals surface area (Å²) in [5, 5.41) is 22.3. The van der Waals surface area contributed by atoms with Gasteiger partial charge in [-0.05, 0) is 53.3 Å². The number of carbonyl (C=O) groups excluding carboxylic acids is 2. The fraction of sp³-hybridized carbons (Fsp3) is 0.434. The van der Waals surface area contributed by atoms with Gasteiger partial charge in [0, 0.05) is 68.8 Å². The van der Waals surface area contributed by atoms with Crippen LogP contribution in [0.5, 0.6) is 0 Å². The van der Waals surface area contributed by atoms with E-state index in [0.717, 1.165) is 28.8 Å². The lowest BCUT2D eigenvalue weighted by Crippen LogP contribution is -2.41. The molecule has 1 aromatic carbocycles. The number of benzene rings is 1. The predicted molar refractivity (Wildman–Crippen MR) is 259 cm³/mol. The van der Waals surface area contributed by atoms with Crippen LogP contribution >= 0.6 is 0 Å². The molecule has 16 nitrogen and oxygen atoms in total. The summed E-state index contributed by atoms with van der Waals surface area (Å²) in [6, 6.07) is 17.7. The molecule has 4 unspecified atom stereocenters. The Morgan fingerprint density at radius 2 is 1.39 bits per heavy atom. The number of hydrogen-bond acceptors (Lipinski definition) is 12. The summed E-state index contributed by atoms with van der Waals surface area (Å²) in [5.74, 6) is -2.76. The molecule has 1 fully saturated rings. The molecule has 3 aromatic rings. The lowest BCUT2D eigenvalue weighted by Gasteiger charge is -2.39. The summed E-state index contributed by atoms with van der Waals surface area (Å²) in [4.78, 5) is 66.5. The fourth-order valence-electron chi connectivity index (χ4n) is 9.18. The minimum atomic E-state index is -1.13. The van der Waals surface area contributed by atoms with Crippen LogP contribution in [0.4, 0.5) is 0 Å². The molecule has 0 radical (unpaired) electrons. The largest absolute Gasteiger partial charge is 0.477 e. The average molecular weight is 945 g/mol. The van der Waals surface area contributed by atoms with Gasteiger partial charge < -0.3 is 39.4 Å². The summed E-state index contributed by atoms with van der Waals surface area (Å²) in [6.45, 7) is 10.3. The maximum absolute atomic E-state index is 14.0. The molecule has 2 aliphatic carbocycles. The van der Waals surface area contributed by atoms with Gasteiger partial charge in [0.15, 0.2) is 0 Å². The van der Waals surface area contributed by atoms with Crippen LogP contribution in [0.3, 0.4) is 0 Å². The molecule has 2 aromatic heterocycles. The molecule has 4 aliphatic rings. The molecule has 4 atom stereocenters. The van der Waals surface area contributed by atoms with Crippen LogP contribution in [0.2, 0.25) is 0 Å². The molecule has 0 spiro atoms. The van der Waals surface area contributed by atoms with Crippen molar-refractivity contribution in [2.24, 2.45) is 17.8 Å². The number of fused-ring (bicyclic) bond motifs is 1. The summed E-state index contributed by atoms with van der Waals surface area (Å²) < 4.78 is 24.1. The molecule has 4 heterocycles. The van der Waals surface area contributed by atoms with E-state index in [2.05, 4.69) is 68.4 Å². The van der Waals surface area contributed by atoms with Crippen molar-refractivity contribution in [1.82, 2.24) is 30.0 Å². The Hall–Kier alpha value is -6.14. The van der Waals surface area contributed by atoms with Crippen molar-refractivity contribution in [3.63, 3.8) is 0 Å². The smallest absolute Gasteiger partial charge is 0.354 e. The molecule has 2 amide bonds. The second kappa shape index (κ2) is 25.5. The van der Waals surface area contributed by atoms with Gasteiger partial charge in [-0.1, -0.05) is 92.8 Å². The van der Waals surface area contributed by atoms with Gasteiger partial charge in [-0.15, -0.1) is 0 Å². The monoisotopic (exact) mass is 944 g/mol. The number of allylic oxidation sites excluding steroid dienone is 6. The molecule has 366 valence electrons. The number of carboxylic acid groups (broad SMARTS) is 2. The van der Waals surface area contributed by atoms with E-state index >= 15 is 0 Å². The number of pyridine rings is 2. The molecule has 0 bridgehead atoms. The highest BCUT2D eigenvalue weighted by atomic mass is 16.5. The zero-order valence-electron chi connectivity index (χ0n) is 39.5. The van der Waals surface area contributed by atoms with Crippen molar-refractivity contribution in [2.75, 3.05) is 85.6 Å². The first-order valence-corrected chi connectivity index (χ1v) is 23.9. The van der Waals surface area contributed by atoms with Gasteiger partial charge in [-0.3, -0.25) is 19.4 Å². The molecule has 1 saturated heterocycles. The lowest BCUT2D eigenvalue weighted by atomic mass is 9.79. The average Bonchev–Trinajstić information content (AvgIpc) is 3.33. The summed E-state index contributed by atoms with van der Waals surface area (Å²) in [7, 11) is 0. The maximum Gasteiger partial charge on any atom is 0.354 e. The minimum absolute atomic E-state index is 0.00368. The van der Waals surface area contributed by atoms with Crippen molar-refractivity contribution in [3.05, 3.63) is 148 Å². The maximum atomic E-state index is 14.0. The zero-order valence-corrected chi connectivity index (χ0v) is 39.5. The Kier molecular flexibility index (Phi) is 18.7. The molecule has 16 heteroatoms. The third kappa shape index (κ3) is 14.2. The van der Waals surface area contributed by atoms with Gasteiger partial charge in [-0.25, -0.2) is 19.6 Å². The molecular weight excluding hydrogens is 881 g/mol. The van der Waals surface area contributed by atoms with Crippen LogP contribution in [-0.2, 0) is 41.6 Å². The summed E-state index contributed by atoms with van der Waals surface area (Å²) in [5.41, 5.74) is 5.79. The van der Waals surface area contributed by atoms with Crippen LogP contribution in [0.25, 0.3) is 6.08 Å². The van der Waals surface area contributed by atoms with Crippen LogP contribution in [0, 0.1) is 17.8 Å². The van der Waals surface area contributed by atoms with E-state index in [0.29, 0.717) is 109 Å². The molecule has 7 rings (SSSR count). The first kappa shape index (κ1) is 50.7. The van der Waals surface area contributed by atoms with E-state index in [1.165, 1.54) is 12.1 Å². The second-order valence-corrected chi connectivity index (χ2v) is 17.6. The SMILES string of the molecule is CC1CC=CC2=C1N(C(=O)CCNC(=O)C1=CC(C)C(C(c3cccc(C(=O)O)n3)N3CCOCCOCCN(Cc4cccc(C(=O)O)n4)CCOCCOCC3)C=C1)Cc1ccccc1/C=C\2. The van der Waals surface area contributed by atoms with Crippen LogP contribution in [0.1, 0.15) is 76.2 Å². The van der Waals surface area contributed by atoms with Gasteiger partial charge in [-0.2, -0.15) is 0 Å².